The fraction of sp³-hybridized carbons (Fsp3) is 0.476. The number of aromatic nitrogens is 2. The first-order chi connectivity index (χ1) is 13.7. The van der Waals surface area contributed by atoms with E-state index >= 15 is 0 Å². The van der Waals surface area contributed by atoms with Gasteiger partial charge in [0.25, 0.3) is 5.91 Å². The highest BCUT2D eigenvalue weighted by molar-refractivity contribution is 5.92. The van der Waals surface area contributed by atoms with Crippen LogP contribution in [0.15, 0.2) is 42.9 Å². The lowest BCUT2D eigenvalue weighted by atomic mass is 10.00. The summed E-state index contributed by atoms with van der Waals surface area (Å²) in [6.45, 7) is 2.41. The molecule has 3 N–H and O–H groups in total. The van der Waals surface area contributed by atoms with Gasteiger partial charge >= 0.3 is 6.03 Å². The zero-order valence-electron chi connectivity index (χ0n) is 16.2. The predicted octanol–water partition coefficient (Wildman–Crippen LogP) is 3.64. The standard InChI is InChI=1S/C21H29N5O2/c27-20(19-7-5-12-23-19)26-15-10-17(16-26)6-3-1-2-4-11-24-21(28)25-18-8-13-22-14-9-18/h5,7-9,12-14,17,23H,1-4,6,10-11,15-16H2,(H2,22,24,25,28). The van der Waals surface area contributed by atoms with Crippen LogP contribution >= 0.6 is 0 Å². The van der Waals surface area contributed by atoms with E-state index in [0.29, 0.717) is 18.2 Å². The van der Waals surface area contributed by atoms with Gasteiger partial charge in [0.15, 0.2) is 0 Å². The zero-order valence-corrected chi connectivity index (χ0v) is 16.2. The molecule has 0 bridgehead atoms. The monoisotopic (exact) mass is 383 g/mol. The van der Waals surface area contributed by atoms with Gasteiger partial charge in [0.05, 0.1) is 0 Å². The van der Waals surface area contributed by atoms with E-state index in [9.17, 15) is 9.59 Å². The van der Waals surface area contributed by atoms with Crippen LogP contribution in [0, 0.1) is 5.92 Å². The third kappa shape index (κ3) is 6.11. The lowest BCUT2D eigenvalue weighted by molar-refractivity contribution is 0.0781. The fourth-order valence-corrected chi connectivity index (χ4v) is 3.61. The number of likely N-dealkylation sites (tertiary alicyclic amines) is 1. The molecule has 0 aliphatic carbocycles. The van der Waals surface area contributed by atoms with Gasteiger partial charge in [-0.25, -0.2) is 4.79 Å². The largest absolute Gasteiger partial charge is 0.357 e. The Bertz CT molecular complexity index is 733. The van der Waals surface area contributed by atoms with E-state index in [0.717, 1.165) is 44.5 Å². The molecule has 1 unspecified atom stereocenters. The summed E-state index contributed by atoms with van der Waals surface area (Å²) >= 11 is 0. The average Bonchev–Trinajstić information content (AvgIpc) is 3.40. The zero-order chi connectivity index (χ0) is 19.6. The summed E-state index contributed by atoms with van der Waals surface area (Å²) in [5.41, 5.74) is 1.42. The van der Waals surface area contributed by atoms with E-state index in [1.807, 2.05) is 17.0 Å². The van der Waals surface area contributed by atoms with Crippen LogP contribution in [-0.4, -0.2) is 46.4 Å². The fourth-order valence-electron chi connectivity index (χ4n) is 3.61. The Morgan fingerprint density at radius 3 is 2.75 bits per heavy atom. The highest BCUT2D eigenvalue weighted by atomic mass is 16.2. The van der Waals surface area contributed by atoms with Crippen molar-refractivity contribution in [3.63, 3.8) is 0 Å². The first-order valence-electron chi connectivity index (χ1n) is 10.1. The summed E-state index contributed by atoms with van der Waals surface area (Å²) < 4.78 is 0. The molecule has 0 aromatic carbocycles. The molecule has 1 atom stereocenters. The van der Waals surface area contributed by atoms with Crippen molar-refractivity contribution in [3.8, 4) is 0 Å². The normalized spacial score (nSPS) is 16.1. The van der Waals surface area contributed by atoms with Gasteiger partial charge < -0.3 is 20.5 Å². The Balaban J connectivity index is 1.20. The number of urea groups is 1. The van der Waals surface area contributed by atoms with Gasteiger partial charge in [-0.15, -0.1) is 0 Å². The van der Waals surface area contributed by atoms with Crippen LogP contribution in [0.3, 0.4) is 0 Å². The molecule has 1 aliphatic rings. The Labute approximate surface area is 165 Å². The van der Waals surface area contributed by atoms with Crippen LogP contribution < -0.4 is 10.6 Å². The average molecular weight is 383 g/mol. The Morgan fingerprint density at radius 1 is 1.14 bits per heavy atom. The number of aromatic amines is 1. The van der Waals surface area contributed by atoms with Crippen molar-refractivity contribution in [2.75, 3.05) is 25.0 Å². The molecule has 7 nitrogen and oxygen atoms in total. The van der Waals surface area contributed by atoms with Crippen LogP contribution in [0.1, 0.15) is 49.0 Å². The maximum absolute atomic E-state index is 12.3. The van der Waals surface area contributed by atoms with Crippen molar-refractivity contribution >= 4 is 17.6 Å². The number of nitrogens with one attached hydrogen (secondary N) is 3. The lowest BCUT2D eigenvalue weighted by Crippen LogP contribution is -2.29. The molecule has 0 radical (unpaired) electrons. The number of unbranched alkanes of at least 4 members (excludes halogenated alkanes) is 3. The molecular formula is C21H29N5O2. The molecule has 2 aromatic rings. The number of carbonyl (C=O) groups is 2. The van der Waals surface area contributed by atoms with Gasteiger partial charge in [-0.3, -0.25) is 9.78 Å². The maximum atomic E-state index is 12.3. The summed E-state index contributed by atoms with van der Waals surface area (Å²) in [4.78, 5) is 33.0. The van der Waals surface area contributed by atoms with E-state index in [-0.39, 0.29) is 11.9 Å². The van der Waals surface area contributed by atoms with Gasteiger partial charge in [0.2, 0.25) is 0 Å². The Kier molecular flexibility index (Phi) is 7.46. The first-order valence-corrected chi connectivity index (χ1v) is 10.1. The van der Waals surface area contributed by atoms with E-state index in [1.165, 1.54) is 12.8 Å². The number of pyridine rings is 1. The molecule has 150 valence electrons. The Morgan fingerprint density at radius 2 is 1.96 bits per heavy atom. The van der Waals surface area contributed by atoms with E-state index in [2.05, 4.69) is 20.6 Å². The van der Waals surface area contributed by atoms with Crippen molar-refractivity contribution < 1.29 is 9.59 Å². The SMILES string of the molecule is O=C(NCCCCCCC1CCN(C(=O)c2ccc[nH]2)C1)Nc1ccncc1. The minimum Gasteiger partial charge on any atom is -0.357 e. The molecule has 0 saturated carbocycles. The van der Waals surface area contributed by atoms with Crippen molar-refractivity contribution in [2.45, 2.75) is 38.5 Å². The number of H-pyrrole nitrogens is 1. The number of anilines is 1. The predicted molar refractivity (Wildman–Crippen MR) is 109 cm³/mol. The summed E-state index contributed by atoms with van der Waals surface area (Å²) in [5, 5.41) is 5.66. The van der Waals surface area contributed by atoms with Gasteiger partial charge in [0, 0.05) is 43.9 Å². The van der Waals surface area contributed by atoms with Gasteiger partial charge in [-0.1, -0.05) is 19.3 Å². The van der Waals surface area contributed by atoms with E-state index < -0.39 is 0 Å². The smallest absolute Gasteiger partial charge is 0.319 e. The van der Waals surface area contributed by atoms with Crippen LogP contribution in [0.2, 0.25) is 0 Å². The van der Waals surface area contributed by atoms with E-state index in [4.69, 9.17) is 0 Å². The molecule has 3 heterocycles. The third-order valence-electron chi connectivity index (χ3n) is 5.16. The molecule has 0 spiro atoms. The Hall–Kier alpha value is -2.83. The summed E-state index contributed by atoms with van der Waals surface area (Å²) in [6.07, 6.45) is 11.8. The van der Waals surface area contributed by atoms with Gasteiger partial charge in [-0.2, -0.15) is 0 Å². The molecule has 2 aromatic heterocycles. The molecule has 1 aliphatic heterocycles. The molecule has 1 fully saturated rings. The van der Waals surface area contributed by atoms with E-state index in [1.54, 1.807) is 30.7 Å². The second-order valence-corrected chi connectivity index (χ2v) is 7.31. The number of rotatable bonds is 9. The molecular weight excluding hydrogens is 354 g/mol. The van der Waals surface area contributed by atoms with Crippen molar-refractivity contribution in [3.05, 3.63) is 48.5 Å². The quantitative estimate of drug-likeness (QED) is 0.578. The van der Waals surface area contributed by atoms with Gasteiger partial charge in [0.1, 0.15) is 5.69 Å². The summed E-state index contributed by atoms with van der Waals surface area (Å²) in [7, 11) is 0. The molecule has 1 saturated heterocycles. The van der Waals surface area contributed by atoms with Crippen molar-refractivity contribution in [1.29, 1.82) is 0 Å². The minimum absolute atomic E-state index is 0.114. The first kappa shape index (κ1) is 19.9. The number of carbonyl (C=O) groups excluding carboxylic acids is 2. The molecule has 28 heavy (non-hydrogen) atoms. The number of amides is 3. The van der Waals surface area contributed by atoms with Crippen LogP contribution in [0.4, 0.5) is 10.5 Å². The lowest BCUT2D eigenvalue weighted by Gasteiger charge is -2.15. The number of hydrogen-bond acceptors (Lipinski definition) is 3. The number of hydrogen-bond donors (Lipinski definition) is 3. The topological polar surface area (TPSA) is 90.1 Å². The van der Waals surface area contributed by atoms with Crippen LogP contribution in [0.5, 0.6) is 0 Å². The molecule has 7 heteroatoms. The maximum Gasteiger partial charge on any atom is 0.319 e. The highest BCUT2D eigenvalue weighted by Crippen LogP contribution is 2.23. The molecule has 3 rings (SSSR count). The number of nitrogens with zero attached hydrogens (tertiary/aromatic N) is 2. The van der Waals surface area contributed by atoms with Crippen LogP contribution in [0.25, 0.3) is 0 Å². The molecule has 3 amide bonds. The highest BCUT2D eigenvalue weighted by Gasteiger charge is 2.26. The van der Waals surface area contributed by atoms with Crippen molar-refractivity contribution in [1.82, 2.24) is 20.2 Å². The summed E-state index contributed by atoms with van der Waals surface area (Å²) in [5.74, 6) is 0.729. The second-order valence-electron chi connectivity index (χ2n) is 7.31. The van der Waals surface area contributed by atoms with Crippen LogP contribution in [-0.2, 0) is 0 Å². The second kappa shape index (κ2) is 10.5. The van der Waals surface area contributed by atoms with Gasteiger partial charge in [-0.05, 0) is 49.4 Å². The third-order valence-corrected chi connectivity index (χ3v) is 5.16. The minimum atomic E-state index is -0.177. The van der Waals surface area contributed by atoms with Crippen molar-refractivity contribution in [2.24, 2.45) is 5.92 Å². The summed E-state index contributed by atoms with van der Waals surface area (Å²) in [6, 6.07) is 7.04.